The zero-order valence-corrected chi connectivity index (χ0v) is 12.8. The Bertz CT molecular complexity index is 636. The van der Waals surface area contributed by atoms with Crippen molar-refractivity contribution in [3.63, 3.8) is 0 Å². The molecule has 0 saturated carbocycles. The molecule has 2 aromatic rings. The van der Waals surface area contributed by atoms with Gasteiger partial charge in [-0.25, -0.2) is 0 Å². The number of carbonyl (C=O) groups is 2. The highest BCUT2D eigenvalue weighted by molar-refractivity contribution is 6.04. The molecule has 120 valence electrons. The number of benzene rings is 2. The minimum Gasteiger partial charge on any atom is -0.480 e. The summed E-state index contributed by atoms with van der Waals surface area (Å²) in [6, 6.07) is 18.1. The van der Waals surface area contributed by atoms with E-state index in [1.807, 2.05) is 30.3 Å². The molecule has 0 aliphatic heterocycles. The Morgan fingerprint density at radius 1 is 0.783 bits per heavy atom. The van der Waals surface area contributed by atoms with Crippen LogP contribution in [0, 0.1) is 0 Å². The average molecular weight is 312 g/mol. The number of aryl methyl sites for hydroxylation is 1. The predicted molar refractivity (Wildman–Crippen MR) is 87.4 cm³/mol. The molecular weight excluding hydrogens is 292 g/mol. The summed E-state index contributed by atoms with van der Waals surface area (Å²) in [5.74, 6) is -2.62. The number of unbranched alkanes of at least 4 members (excludes halogenated alkanes) is 1. The van der Waals surface area contributed by atoms with Crippen LogP contribution >= 0.6 is 0 Å². The lowest BCUT2D eigenvalue weighted by molar-refractivity contribution is -0.158. The Hall–Kier alpha value is -2.62. The Morgan fingerprint density at radius 2 is 1.30 bits per heavy atom. The summed E-state index contributed by atoms with van der Waals surface area (Å²) in [7, 11) is 0. The summed E-state index contributed by atoms with van der Waals surface area (Å²) in [5, 5.41) is 19.2. The number of carboxylic acid groups (broad SMARTS) is 2. The molecule has 0 spiro atoms. The topological polar surface area (TPSA) is 74.6 Å². The maximum atomic E-state index is 11.7. The van der Waals surface area contributed by atoms with Crippen LogP contribution in [-0.2, 0) is 21.4 Å². The van der Waals surface area contributed by atoms with E-state index in [0.29, 0.717) is 12.0 Å². The van der Waals surface area contributed by atoms with Crippen molar-refractivity contribution in [1.82, 2.24) is 0 Å². The van der Waals surface area contributed by atoms with E-state index in [1.165, 1.54) is 5.56 Å². The fourth-order valence-electron chi connectivity index (χ4n) is 2.78. The second-order valence-electron chi connectivity index (χ2n) is 5.57. The molecule has 0 fully saturated rings. The lowest BCUT2D eigenvalue weighted by atomic mass is 9.76. The van der Waals surface area contributed by atoms with E-state index in [0.717, 1.165) is 12.8 Å². The van der Waals surface area contributed by atoms with Crippen LogP contribution in [0.3, 0.4) is 0 Å². The highest BCUT2D eigenvalue weighted by Gasteiger charge is 2.47. The third-order valence-electron chi connectivity index (χ3n) is 4.11. The molecule has 0 amide bonds. The maximum absolute atomic E-state index is 11.7. The number of hydrogen-bond acceptors (Lipinski definition) is 2. The molecule has 2 rings (SSSR count). The standard InChI is InChI=1S/C19H20O4/c20-17(21)19(18(22)23,16-12-5-2-6-13-16)14-8-7-11-15-9-3-1-4-10-15/h1-6,9-10,12-13H,7-8,11,14H2,(H,20,21)(H,22,23). The van der Waals surface area contributed by atoms with Crippen LogP contribution in [-0.4, -0.2) is 22.2 Å². The monoisotopic (exact) mass is 312 g/mol. The van der Waals surface area contributed by atoms with Gasteiger partial charge in [-0.15, -0.1) is 0 Å². The van der Waals surface area contributed by atoms with Crippen LogP contribution in [0.15, 0.2) is 60.7 Å². The molecule has 0 aliphatic carbocycles. The molecule has 4 heteroatoms. The molecule has 23 heavy (non-hydrogen) atoms. The molecule has 0 unspecified atom stereocenters. The highest BCUT2D eigenvalue weighted by atomic mass is 16.4. The summed E-state index contributed by atoms with van der Waals surface area (Å²) in [6.45, 7) is 0. The van der Waals surface area contributed by atoms with Crippen LogP contribution in [0.2, 0.25) is 0 Å². The fourth-order valence-corrected chi connectivity index (χ4v) is 2.78. The van der Waals surface area contributed by atoms with Crippen LogP contribution in [0.25, 0.3) is 0 Å². The van der Waals surface area contributed by atoms with Gasteiger partial charge in [-0.1, -0.05) is 67.1 Å². The van der Waals surface area contributed by atoms with Crippen molar-refractivity contribution in [2.75, 3.05) is 0 Å². The van der Waals surface area contributed by atoms with Crippen LogP contribution in [0.4, 0.5) is 0 Å². The van der Waals surface area contributed by atoms with Gasteiger partial charge in [0.15, 0.2) is 5.41 Å². The molecule has 0 aliphatic rings. The van der Waals surface area contributed by atoms with Gasteiger partial charge in [0.1, 0.15) is 0 Å². The number of hydrogen-bond donors (Lipinski definition) is 2. The summed E-state index contributed by atoms with van der Waals surface area (Å²) >= 11 is 0. The third-order valence-corrected chi connectivity index (χ3v) is 4.11. The number of carboxylic acids is 2. The maximum Gasteiger partial charge on any atom is 0.325 e. The first kappa shape index (κ1) is 16.7. The van der Waals surface area contributed by atoms with Gasteiger partial charge in [-0.2, -0.15) is 0 Å². The van der Waals surface area contributed by atoms with Gasteiger partial charge < -0.3 is 10.2 Å². The normalized spacial score (nSPS) is 11.1. The number of rotatable bonds is 8. The zero-order valence-electron chi connectivity index (χ0n) is 12.8. The largest absolute Gasteiger partial charge is 0.480 e. The molecule has 2 N–H and O–H groups in total. The van der Waals surface area contributed by atoms with Gasteiger partial charge in [0.25, 0.3) is 0 Å². The first-order valence-corrected chi connectivity index (χ1v) is 7.63. The number of aliphatic carboxylic acids is 2. The first-order valence-electron chi connectivity index (χ1n) is 7.63. The van der Waals surface area contributed by atoms with E-state index in [9.17, 15) is 19.8 Å². The van der Waals surface area contributed by atoms with Gasteiger partial charge in [0.05, 0.1) is 0 Å². The second-order valence-corrected chi connectivity index (χ2v) is 5.57. The summed E-state index contributed by atoms with van der Waals surface area (Å²) < 4.78 is 0. The van der Waals surface area contributed by atoms with Gasteiger partial charge in [0, 0.05) is 0 Å². The molecule has 0 heterocycles. The van der Waals surface area contributed by atoms with Crippen LogP contribution < -0.4 is 0 Å². The molecule has 2 aromatic carbocycles. The second kappa shape index (κ2) is 7.58. The lowest BCUT2D eigenvalue weighted by Gasteiger charge is -2.25. The minimum atomic E-state index is -1.88. The average Bonchev–Trinajstić information content (AvgIpc) is 2.56. The fraction of sp³-hybridized carbons (Fsp3) is 0.263. The Morgan fingerprint density at radius 3 is 1.83 bits per heavy atom. The van der Waals surface area contributed by atoms with Crippen LogP contribution in [0.1, 0.15) is 30.4 Å². The SMILES string of the molecule is O=C(O)C(CCCCc1ccccc1)(C(=O)O)c1ccccc1. The van der Waals surface area contributed by atoms with Crippen molar-refractivity contribution >= 4 is 11.9 Å². The molecule has 0 atom stereocenters. The van der Waals surface area contributed by atoms with Gasteiger partial charge in [0.2, 0.25) is 0 Å². The molecule has 0 aromatic heterocycles. The molecular formula is C19H20O4. The smallest absolute Gasteiger partial charge is 0.325 e. The lowest BCUT2D eigenvalue weighted by Crippen LogP contribution is -2.43. The quantitative estimate of drug-likeness (QED) is 0.578. The summed E-state index contributed by atoms with van der Waals surface area (Å²) in [4.78, 5) is 23.5. The van der Waals surface area contributed by atoms with E-state index in [2.05, 4.69) is 0 Å². The van der Waals surface area contributed by atoms with Crippen molar-refractivity contribution in [3.05, 3.63) is 71.8 Å². The van der Waals surface area contributed by atoms with Crippen LogP contribution in [0.5, 0.6) is 0 Å². The predicted octanol–water partition coefficient (Wildman–Crippen LogP) is 3.51. The molecule has 0 saturated heterocycles. The molecule has 0 bridgehead atoms. The third kappa shape index (κ3) is 3.77. The van der Waals surface area contributed by atoms with Gasteiger partial charge in [-0.05, 0) is 30.4 Å². The van der Waals surface area contributed by atoms with E-state index < -0.39 is 17.4 Å². The Labute approximate surface area is 135 Å². The zero-order chi connectivity index (χ0) is 16.7. The summed E-state index contributed by atoms with van der Waals surface area (Å²) in [5.41, 5.74) is -0.388. The van der Waals surface area contributed by atoms with Gasteiger partial charge >= 0.3 is 11.9 Å². The summed E-state index contributed by atoms with van der Waals surface area (Å²) in [6.07, 6.45) is 2.17. The van der Waals surface area contributed by atoms with E-state index >= 15 is 0 Å². The Kier molecular flexibility index (Phi) is 5.52. The van der Waals surface area contributed by atoms with E-state index in [-0.39, 0.29) is 6.42 Å². The molecule has 4 nitrogen and oxygen atoms in total. The minimum absolute atomic E-state index is 0.0779. The Balaban J connectivity index is 2.10. The highest BCUT2D eigenvalue weighted by Crippen LogP contribution is 2.31. The van der Waals surface area contributed by atoms with Crippen molar-refractivity contribution in [2.45, 2.75) is 31.1 Å². The molecule has 0 radical (unpaired) electrons. The van der Waals surface area contributed by atoms with E-state index in [1.54, 1.807) is 30.3 Å². The van der Waals surface area contributed by atoms with Crippen molar-refractivity contribution in [2.24, 2.45) is 0 Å². The van der Waals surface area contributed by atoms with Gasteiger partial charge in [-0.3, -0.25) is 9.59 Å². The first-order chi connectivity index (χ1) is 11.1. The van der Waals surface area contributed by atoms with Crippen molar-refractivity contribution < 1.29 is 19.8 Å². The van der Waals surface area contributed by atoms with Crippen molar-refractivity contribution in [1.29, 1.82) is 0 Å². The van der Waals surface area contributed by atoms with Crippen molar-refractivity contribution in [3.8, 4) is 0 Å². The van der Waals surface area contributed by atoms with E-state index in [4.69, 9.17) is 0 Å².